The van der Waals surface area contributed by atoms with Gasteiger partial charge in [0.05, 0.1) is 12.7 Å². The number of hydrogen-bond acceptors (Lipinski definition) is 3. The standard InChI is InChI=1S/C9H10N4O/c1-12-10-6-8(11-12)7-13-5-3-2-4-9(13)14/h2-6H,7H2,1H3. The van der Waals surface area contributed by atoms with E-state index < -0.39 is 0 Å². The average molecular weight is 190 g/mol. The van der Waals surface area contributed by atoms with Crippen LogP contribution in [0.1, 0.15) is 5.69 Å². The first-order valence-corrected chi connectivity index (χ1v) is 4.26. The molecule has 0 radical (unpaired) electrons. The van der Waals surface area contributed by atoms with Crippen LogP contribution in [0.25, 0.3) is 0 Å². The van der Waals surface area contributed by atoms with Gasteiger partial charge in [-0.05, 0) is 6.07 Å². The Morgan fingerprint density at radius 2 is 2.29 bits per heavy atom. The van der Waals surface area contributed by atoms with Gasteiger partial charge in [-0.2, -0.15) is 15.0 Å². The number of nitrogens with zero attached hydrogens (tertiary/aromatic N) is 4. The normalized spacial score (nSPS) is 10.4. The number of aromatic nitrogens is 4. The maximum absolute atomic E-state index is 11.3. The molecule has 2 aromatic rings. The molecule has 72 valence electrons. The minimum atomic E-state index is -0.0295. The SMILES string of the molecule is Cn1ncc(Cn2ccccc2=O)n1. The summed E-state index contributed by atoms with van der Waals surface area (Å²) in [4.78, 5) is 12.8. The summed E-state index contributed by atoms with van der Waals surface area (Å²) in [6.45, 7) is 0.466. The zero-order valence-corrected chi connectivity index (χ0v) is 7.79. The third-order valence-corrected chi connectivity index (χ3v) is 1.88. The second-order valence-electron chi connectivity index (χ2n) is 2.99. The van der Waals surface area contributed by atoms with Gasteiger partial charge in [-0.1, -0.05) is 6.07 Å². The third kappa shape index (κ3) is 1.71. The van der Waals surface area contributed by atoms with Crippen molar-refractivity contribution in [2.45, 2.75) is 6.54 Å². The van der Waals surface area contributed by atoms with E-state index in [4.69, 9.17) is 0 Å². The molecular formula is C9H10N4O. The molecule has 0 fully saturated rings. The van der Waals surface area contributed by atoms with Crippen molar-refractivity contribution >= 4 is 0 Å². The van der Waals surface area contributed by atoms with Crippen molar-refractivity contribution in [1.82, 2.24) is 19.6 Å². The maximum atomic E-state index is 11.3. The summed E-state index contributed by atoms with van der Waals surface area (Å²) in [5, 5.41) is 8.03. The molecule has 0 amide bonds. The van der Waals surface area contributed by atoms with Crippen molar-refractivity contribution in [2.24, 2.45) is 7.05 Å². The van der Waals surface area contributed by atoms with Gasteiger partial charge < -0.3 is 4.57 Å². The van der Waals surface area contributed by atoms with E-state index in [0.717, 1.165) is 5.69 Å². The zero-order chi connectivity index (χ0) is 9.97. The Kier molecular flexibility index (Phi) is 2.14. The molecule has 0 unspecified atom stereocenters. The average Bonchev–Trinajstić information content (AvgIpc) is 2.56. The van der Waals surface area contributed by atoms with Gasteiger partial charge in [0.1, 0.15) is 5.69 Å². The molecule has 0 aromatic carbocycles. The van der Waals surface area contributed by atoms with Crippen LogP contribution in [0, 0.1) is 0 Å². The van der Waals surface area contributed by atoms with E-state index in [9.17, 15) is 4.79 Å². The molecule has 2 heterocycles. The highest BCUT2D eigenvalue weighted by atomic mass is 16.1. The predicted octanol–water partition coefficient (Wildman–Crippen LogP) is 0.0251. The van der Waals surface area contributed by atoms with Crippen LogP contribution in [0.4, 0.5) is 0 Å². The van der Waals surface area contributed by atoms with E-state index in [-0.39, 0.29) is 5.56 Å². The first-order valence-electron chi connectivity index (χ1n) is 4.26. The van der Waals surface area contributed by atoms with Gasteiger partial charge in [0.15, 0.2) is 0 Å². The highest BCUT2D eigenvalue weighted by Crippen LogP contribution is 1.93. The van der Waals surface area contributed by atoms with Crippen LogP contribution < -0.4 is 5.56 Å². The van der Waals surface area contributed by atoms with Crippen LogP contribution in [0.5, 0.6) is 0 Å². The molecule has 0 atom stereocenters. The van der Waals surface area contributed by atoms with Crippen molar-refractivity contribution in [1.29, 1.82) is 0 Å². The molecule has 5 heteroatoms. The van der Waals surface area contributed by atoms with Gasteiger partial charge >= 0.3 is 0 Å². The molecular weight excluding hydrogens is 180 g/mol. The Labute approximate surface area is 80.6 Å². The van der Waals surface area contributed by atoms with Gasteiger partial charge in [-0.15, -0.1) is 0 Å². The van der Waals surface area contributed by atoms with E-state index in [1.165, 1.54) is 10.9 Å². The van der Waals surface area contributed by atoms with Crippen molar-refractivity contribution < 1.29 is 0 Å². The van der Waals surface area contributed by atoms with Crippen LogP contribution in [0.3, 0.4) is 0 Å². The van der Waals surface area contributed by atoms with Gasteiger partial charge in [0, 0.05) is 19.3 Å². The van der Waals surface area contributed by atoms with Crippen LogP contribution in [-0.4, -0.2) is 19.6 Å². The lowest BCUT2D eigenvalue weighted by Gasteiger charge is -2.00. The van der Waals surface area contributed by atoms with E-state index in [1.807, 2.05) is 6.07 Å². The van der Waals surface area contributed by atoms with Gasteiger partial charge in [0.25, 0.3) is 5.56 Å². The lowest BCUT2D eigenvalue weighted by molar-refractivity contribution is 0.633. The van der Waals surface area contributed by atoms with E-state index in [2.05, 4.69) is 10.2 Å². The maximum Gasteiger partial charge on any atom is 0.250 e. The summed E-state index contributed by atoms with van der Waals surface area (Å²) in [5.41, 5.74) is 0.749. The minimum absolute atomic E-state index is 0.0295. The van der Waals surface area contributed by atoms with Crippen molar-refractivity contribution in [2.75, 3.05) is 0 Å². The second-order valence-corrected chi connectivity index (χ2v) is 2.99. The molecule has 0 N–H and O–H groups in total. The zero-order valence-electron chi connectivity index (χ0n) is 7.79. The molecule has 0 bridgehead atoms. The summed E-state index contributed by atoms with van der Waals surface area (Å²) >= 11 is 0. The van der Waals surface area contributed by atoms with Crippen LogP contribution in [0.15, 0.2) is 35.4 Å². The Morgan fingerprint density at radius 1 is 1.43 bits per heavy atom. The molecule has 0 spiro atoms. The van der Waals surface area contributed by atoms with Crippen molar-refractivity contribution in [3.63, 3.8) is 0 Å². The lowest BCUT2D eigenvalue weighted by Crippen LogP contribution is -2.18. The van der Waals surface area contributed by atoms with Crippen LogP contribution >= 0.6 is 0 Å². The largest absolute Gasteiger partial charge is 0.309 e. The molecule has 5 nitrogen and oxygen atoms in total. The predicted molar refractivity (Wildman–Crippen MR) is 50.8 cm³/mol. The Hall–Kier alpha value is -1.91. The van der Waals surface area contributed by atoms with E-state index in [0.29, 0.717) is 6.54 Å². The number of hydrogen-bond donors (Lipinski definition) is 0. The Balaban J connectivity index is 2.27. The number of pyridine rings is 1. The monoisotopic (exact) mass is 190 g/mol. The molecule has 2 aromatic heterocycles. The molecule has 0 aliphatic heterocycles. The van der Waals surface area contributed by atoms with Crippen molar-refractivity contribution in [3.05, 3.63) is 46.6 Å². The highest BCUT2D eigenvalue weighted by molar-refractivity contribution is 4.98. The molecule has 2 rings (SSSR count). The molecule has 0 saturated heterocycles. The fourth-order valence-corrected chi connectivity index (χ4v) is 1.23. The van der Waals surface area contributed by atoms with Gasteiger partial charge in [0.2, 0.25) is 0 Å². The molecule has 0 aliphatic carbocycles. The summed E-state index contributed by atoms with van der Waals surface area (Å²) in [6, 6.07) is 5.06. The molecule has 0 saturated carbocycles. The van der Waals surface area contributed by atoms with E-state index in [1.54, 1.807) is 30.1 Å². The number of rotatable bonds is 2. The fraction of sp³-hybridized carbons (Fsp3) is 0.222. The van der Waals surface area contributed by atoms with Gasteiger partial charge in [-0.3, -0.25) is 4.79 Å². The Bertz CT molecular complexity index is 485. The Morgan fingerprint density at radius 3 is 2.93 bits per heavy atom. The van der Waals surface area contributed by atoms with Crippen molar-refractivity contribution in [3.8, 4) is 0 Å². The first kappa shape index (κ1) is 8.68. The third-order valence-electron chi connectivity index (χ3n) is 1.88. The lowest BCUT2D eigenvalue weighted by atomic mass is 10.4. The summed E-state index contributed by atoms with van der Waals surface area (Å²) in [7, 11) is 1.75. The topological polar surface area (TPSA) is 52.7 Å². The van der Waals surface area contributed by atoms with Gasteiger partial charge in [-0.25, -0.2) is 0 Å². The summed E-state index contributed by atoms with van der Waals surface area (Å²) in [5.74, 6) is 0. The van der Waals surface area contributed by atoms with E-state index >= 15 is 0 Å². The first-order chi connectivity index (χ1) is 6.75. The number of aryl methyl sites for hydroxylation is 1. The smallest absolute Gasteiger partial charge is 0.250 e. The second kappa shape index (κ2) is 3.45. The summed E-state index contributed by atoms with van der Waals surface area (Å²) in [6.07, 6.45) is 3.39. The quantitative estimate of drug-likeness (QED) is 0.671. The summed E-state index contributed by atoms with van der Waals surface area (Å²) < 4.78 is 1.59. The van der Waals surface area contributed by atoms with Crippen LogP contribution in [0.2, 0.25) is 0 Å². The molecule has 0 aliphatic rings. The fourth-order valence-electron chi connectivity index (χ4n) is 1.23. The highest BCUT2D eigenvalue weighted by Gasteiger charge is 1.99. The minimum Gasteiger partial charge on any atom is -0.309 e. The van der Waals surface area contributed by atoms with Crippen LogP contribution in [-0.2, 0) is 13.6 Å². The molecule has 14 heavy (non-hydrogen) atoms.